The van der Waals surface area contributed by atoms with Gasteiger partial charge in [-0.25, -0.2) is 4.98 Å². The summed E-state index contributed by atoms with van der Waals surface area (Å²) in [6, 6.07) is 4.68. The molecule has 0 aliphatic carbocycles. The third kappa shape index (κ3) is 5.87. The number of alkyl halides is 6. The number of thiazole rings is 1. The van der Waals surface area contributed by atoms with E-state index in [0.29, 0.717) is 30.6 Å². The highest BCUT2D eigenvalue weighted by atomic mass is 32.1. The van der Waals surface area contributed by atoms with Crippen LogP contribution in [0.5, 0.6) is 0 Å². The molecule has 1 heterocycles. The number of hydrogen-bond acceptors (Lipinski definition) is 4. The maximum Gasteiger partial charge on any atom is 0.416 e. The van der Waals surface area contributed by atoms with Gasteiger partial charge < -0.3 is 4.90 Å². The monoisotopic (exact) mass is 503 g/mol. The van der Waals surface area contributed by atoms with Gasteiger partial charge in [0.2, 0.25) is 0 Å². The van der Waals surface area contributed by atoms with Gasteiger partial charge >= 0.3 is 12.4 Å². The fourth-order valence-corrected chi connectivity index (χ4v) is 4.58. The average molecular weight is 504 g/mol. The van der Waals surface area contributed by atoms with E-state index in [9.17, 15) is 31.1 Å². The fraction of sp³-hybridized carbons (Fsp3) is 0.391. The lowest BCUT2D eigenvalue weighted by Gasteiger charge is -2.22. The second-order valence-electron chi connectivity index (χ2n) is 8.33. The lowest BCUT2D eigenvalue weighted by atomic mass is 10.0. The van der Waals surface area contributed by atoms with E-state index in [-0.39, 0.29) is 17.7 Å². The van der Waals surface area contributed by atoms with E-state index in [4.69, 9.17) is 0 Å². The Hall–Kier alpha value is -2.66. The van der Waals surface area contributed by atoms with E-state index in [1.807, 2.05) is 45.0 Å². The Bertz CT molecular complexity index is 1170. The third-order valence-electron chi connectivity index (χ3n) is 5.11. The Balaban J connectivity index is 2.11. The summed E-state index contributed by atoms with van der Waals surface area (Å²) in [5.74, 6) is -0.969. The second-order valence-corrected chi connectivity index (χ2v) is 9.31. The molecule has 0 N–H and O–H groups in total. The lowest BCUT2D eigenvalue weighted by molar-refractivity contribution is -0.143. The van der Waals surface area contributed by atoms with Crippen LogP contribution < -0.4 is 4.90 Å². The average Bonchev–Trinajstić information content (AvgIpc) is 3.13. The number of halogens is 6. The highest BCUT2D eigenvalue weighted by molar-refractivity contribution is 7.22. The quantitative estimate of drug-likeness (QED) is 0.358. The van der Waals surface area contributed by atoms with E-state index in [1.165, 1.54) is 16.2 Å². The summed E-state index contributed by atoms with van der Waals surface area (Å²) in [7, 11) is 3.64. The summed E-state index contributed by atoms with van der Waals surface area (Å²) in [5, 5.41) is 0.221. The molecule has 3 rings (SSSR count). The van der Waals surface area contributed by atoms with Crippen LogP contribution in [0.3, 0.4) is 0 Å². The summed E-state index contributed by atoms with van der Waals surface area (Å²) >= 11 is 1.18. The molecule has 0 aliphatic rings. The first kappa shape index (κ1) is 26.0. The van der Waals surface area contributed by atoms with E-state index >= 15 is 0 Å². The number of aryl methyl sites for hydroxylation is 2. The number of anilines is 1. The van der Waals surface area contributed by atoms with E-state index < -0.39 is 35.0 Å². The number of carbonyl (C=O) groups is 1. The predicted octanol–water partition coefficient (Wildman–Crippen LogP) is 6.55. The number of fused-ring (bicyclic) bond motifs is 1. The Morgan fingerprint density at radius 3 is 2.03 bits per heavy atom. The summed E-state index contributed by atoms with van der Waals surface area (Å²) in [6.45, 7) is 4.39. The van der Waals surface area contributed by atoms with Crippen LogP contribution in [-0.2, 0) is 12.4 Å². The molecule has 0 bridgehead atoms. The highest BCUT2D eigenvalue weighted by Crippen LogP contribution is 2.38. The summed E-state index contributed by atoms with van der Waals surface area (Å²) in [4.78, 5) is 20.9. The number of carbonyl (C=O) groups excluding carboxylic acids is 1. The molecule has 4 nitrogen and oxygen atoms in total. The molecule has 11 heteroatoms. The van der Waals surface area contributed by atoms with E-state index in [2.05, 4.69) is 4.98 Å². The van der Waals surface area contributed by atoms with Gasteiger partial charge in [-0.3, -0.25) is 9.69 Å². The van der Waals surface area contributed by atoms with Gasteiger partial charge in [-0.05, 0) is 76.3 Å². The zero-order chi connectivity index (χ0) is 25.4. The number of nitrogens with zero attached hydrogens (tertiary/aromatic N) is 3. The van der Waals surface area contributed by atoms with Crippen molar-refractivity contribution in [1.29, 1.82) is 0 Å². The molecule has 3 aromatic rings. The first-order chi connectivity index (χ1) is 15.7. The zero-order valence-corrected chi connectivity index (χ0v) is 19.8. The third-order valence-corrected chi connectivity index (χ3v) is 6.34. The first-order valence-electron chi connectivity index (χ1n) is 10.3. The summed E-state index contributed by atoms with van der Waals surface area (Å²) in [5.41, 5.74) is -1.29. The molecule has 184 valence electrons. The van der Waals surface area contributed by atoms with Crippen molar-refractivity contribution >= 4 is 32.6 Å². The summed E-state index contributed by atoms with van der Waals surface area (Å²) in [6.07, 6.45) is -9.65. The zero-order valence-electron chi connectivity index (χ0n) is 18.9. The van der Waals surface area contributed by atoms with Crippen molar-refractivity contribution in [3.8, 4) is 0 Å². The smallest absolute Gasteiger partial charge is 0.309 e. The van der Waals surface area contributed by atoms with Gasteiger partial charge in [0.05, 0.1) is 21.3 Å². The van der Waals surface area contributed by atoms with Crippen molar-refractivity contribution in [3.63, 3.8) is 0 Å². The molecule has 0 saturated carbocycles. The topological polar surface area (TPSA) is 36.4 Å². The Morgan fingerprint density at radius 2 is 1.50 bits per heavy atom. The molecule has 0 saturated heterocycles. The SMILES string of the molecule is Cc1cc(C)c2sc(N(CCCN(C)C)C(=O)c3cc(C(F)(F)F)cc(C(F)(F)F)c3)nc2c1. The van der Waals surface area contributed by atoms with E-state index in [1.54, 1.807) is 0 Å². The predicted molar refractivity (Wildman–Crippen MR) is 120 cm³/mol. The van der Waals surface area contributed by atoms with Crippen molar-refractivity contribution in [1.82, 2.24) is 9.88 Å². The number of aromatic nitrogens is 1. The molecule has 34 heavy (non-hydrogen) atoms. The van der Waals surface area contributed by atoms with Gasteiger partial charge in [0.1, 0.15) is 0 Å². The molecular formula is C23H23F6N3OS. The molecule has 0 atom stereocenters. The van der Waals surface area contributed by atoms with Crippen LogP contribution in [-0.4, -0.2) is 43.0 Å². The number of hydrogen-bond donors (Lipinski definition) is 0. The Labute approximate surface area is 196 Å². The van der Waals surface area contributed by atoms with Crippen LogP contribution in [0.4, 0.5) is 31.5 Å². The molecule has 2 aromatic carbocycles. The van der Waals surface area contributed by atoms with Crippen molar-refractivity contribution in [2.75, 3.05) is 32.1 Å². The molecule has 1 amide bonds. The summed E-state index contributed by atoms with van der Waals surface area (Å²) < 4.78 is 80.8. The maximum atomic E-state index is 13.4. The van der Waals surface area contributed by atoms with Crippen LogP contribution in [0.25, 0.3) is 10.2 Å². The van der Waals surface area contributed by atoms with Crippen molar-refractivity contribution in [2.45, 2.75) is 32.6 Å². The lowest BCUT2D eigenvalue weighted by Crippen LogP contribution is -2.34. The molecule has 0 spiro atoms. The van der Waals surface area contributed by atoms with Crippen LogP contribution in [0.1, 0.15) is 39.0 Å². The Kier molecular flexibility index (Phi) is 7.28. The van der Waals surface area contributed by atoms with Crippen molar-refractivity contribution in [3.05, 3.63) is 58.1 Å². The van der Waals surface area contributed by atoms with Gasteiger partial charge in [-0.1, -0.05) is 17.4 Å². The van der Waals surface area contributed by atoms with Gasteiger partial charge in [0.25, 0.3) is 5.91 Å². The number of benzene rings is 2. The number of amides is 1. The van der Waals surface area contributed by atoms with Crippen LogP contribution >= 0.6 is 11.3 Å². The molecule has 1 aromatic heterocycles. The van der Waals surface area contributed by atoms with Crippen molar-refractivity contribution < 1.29 is 31.1 Å². The van der Waals surface area contributed by atoms with Crippen LogP contribution in [0, 0.1) is 13.8 Å². The van der Waals surface area contributed by atoms with Crippen molar-refractivity contribution in [2.24, 2.45) is 0 Å². The van der Waals surface area contributed by atoms with Gasteiger partial charge in [0.15, 0.2) is 5.13 Å². The first-order valence-corrected chi connectivity index (χ1v) is 11.1. The highest BCUT2D eigenvalue weighted by Gasteiger charge is 2.38. The van der Waals surface area contributed by atoms with E-state index in [0.717, 1.165) is 15.8 Å². The number of rotatable bonds is 6. The molecule has 0 radical (unpaired) electrons. The minimum Gasteiger partial charge on any atom is -0.309 e. The standard InChI is InChI=1S/C23H23F6N3OS/c1-13-8-14(2)19-18(9-13)30-21(34-19)32(7-5-6-31(3)4)20(33)15-10-16(22(24,25)26)12-17(11-15)23(27,28)29/h8-12H,5-7H2,1-4H3. The van der Waals surface area contributed by atoms with Gasteiger partial charge in [-0.2, -0.15) is 26.3 Å². The van der Waals surface area contributed by atoms with Crippen LogP contribution in [0.2, 0.25) is 0 Å². The molecular weight excluding hydrogens is 480 g/mol. The Morgan fingerprint density at radius 1 is 0.912 bits per heavy atom. The van der Waals surface area contributed by atoms with Gasteiger partial charge in [0, 0.05) is 12.1 Å². The normalized spacial score (nSPS) is 12.6. The molecule has 0 aliphatic heterocycles. The van der Waals surface area contributed by atoms with Gasteiger partial charge in [-0.15, -0.1) is 0 Å². The molecule has 0 unspecified atom stereocenters. The molecule has 0 fully saturated rings. The maximum absolute atomic E-state index is 13.4. The second kappa shape index (κ2) is 9.53. The largest absolute Gasteiger partial charge is 0.416 e. The minimum absolute atomic E-state index is 0.0109. The van der Waals surface area contributed by atoms with Crippen LogP contribution in [0.15, 0.2) is 30.3 Å². The minimum atomic E-state index is -5.05. The fourth-order valence-electron chi connectivity index (χ4n) is 3.54.